The van der Waals surface area contributed by atoms with E-state index >= 15 is 0 Å². The molecule has 0 saturated heterocycles. The number of thiocarbonyl (C=S) groups is 1. The van der Waals surface area contributed by atoms with Crippen LogP contribution < -0.4 is 20.1 Å². The molecule has 0 bridgehead atoms. The second-order valence-electron chi connectivity index (χ2n) is 5.14. The molecular weight excluding hydrogens is 312 g/mol. The van der Waals surface area contributed by atoms with Crippen LogP contribution in [0.25, 0.3) is 0 Å². The lowest BCUT2D eigenvalue weighted by Gasteiger charge is -2.18. The van der Waals surface area contributed by atoms with Crippen LogP contribution in [0.4, 0.5) is 5.69 Å². The van der Waals surface area contributed by atoms with Crippen LogP contribution in [0, 0.1) is 6.92 Å². The van der Waals surface area contributed by atoms with Gasteiger partial charge in [-0.3, -0.25) is 10.1 Å². The van der Waals surface area contributed by atoms with Crippen LogP contribution in [0.5, 0.6) is 11.5 Å². The van der Waals surface area contributed by atoms with Gasteiger partial charge >= 0.3 is 0 Å². The maximum absolute atomic E-state index is 12.3. The van der Waals surface area contributed by atoms with Gasteiger partial charge < -0.3 is 14.8 Å². The van der Waals surface area contributed by atoms with Crippen LogP contribution in [0.3, 0.4) is 0 Å². The number of anilines is 1. The molecule has 0 atom stereocenters. The zero-order chi connectivity index (χ0) is 16.2. The molecule has 6 heteroatoms. The lowest BCUT2D eigenvalue weighted by molar-refractivity contribution is 0.0976. The highest BCUT2D eigenvalue weighted by Gasteiger charge is 2.15. The smallest absolute Gasteiger partial charge is 0.257 e. The van der Waals surface area contributed by atoms with Crippen LogP contribution >= 0.6 is 12.2 Å². The summed E-state index contributed by atoms with van der Waals surface area (Å²) >= 11 is 5.18. The largest absolute Gasteiger partial charge is 0.486 e. The van der Waals surface area contributed by atoms with Crippen molar-refractivity contribution in [2.75, 3.05) is 18.5 Å². The van der Waals surface area contributed by atoms with Crippen LogP contribution in [-0.4, -0.2) is 24.2 Å². The molecule has 23 heavy (non-hydrogen) atoms. The van der Waals surface area contributed by atoms with E-state index in [2.05, 4.69) is 10.6 Å². The molecule has 0 radical (unpaired) electrons. The number of hydrogen-bond acceptors (Lipinski definition) is 4. The van der Waals surface area contributed by atoms with Crippen molar-refractivity contribution in [1.82, 2.24) is 5.32 Å². The highest BCUT2D eigenvalue weighted by molar-refractivity contribution is 7.80. The summed E-state index contributed by atoms with van der Waals surface area (Å²) in [6, 6.07) is 12.8. The summed E-state index contributed by atoms with van der Waals surface area (Å²) < 4.78 is 10.9. The number of nitrogens with one attached hydrogen (secondary N) is 2. The Hall–Kier alpha value is -2.60. The fraction of sp³-hybridized carbons (Fsp3) is 0.176. The normalized spacial score (nSPS) is 12.4. The van der Waals surface area contributed by atoms with Gasteiger partial charge in [-0.2, -0.15) is 0 Å². The molecule has 2 aromatic carbocycles. The van der Waals surface area contributed by atoms with E-state index in [-0.39, 0.29) is 11.0 Å². The summed E-state index contributed by atoms with van der Waals surface area (Å²) in [5.41, 5.74) is 2.40. The van der Waals surface area contributed by atoms with Crippen LogP contribution in [-0.2, 0) is 0 Å². The first-order chi connectivity index (χ1) is 11.1. The van der Waals surface area contributed by atoms with Gasteiger partial charge in [0.1, 0.15) is 13.2 Å². The van der Waals surface area contributed by atoms with Gasteiger partial charge in [-0.25, -0.2) is 0 Å². The average molecular weight is 328 g/mol. The molecule has 0 fully saturated rings. The third-order valence-corrected chi connectivity index (χ3v) is 3.51. The second-order valence-corrected chi connectivity index (χ2v) is 5.54. The Balaban J connectivity index is 1.65. The second kappa shape index (κ2) is 6.66. The summed E-state index contributed by atoms with van der Waals surface area (Å²) in [6.07, 6.45) is 0. The molecule has 118 valence electrons. The first kappa shape index (κ1) is 15.3. The lowest BCUT2D eigenvalue weighted by atomic mass is 10.2. The molecule has 1 aliphatic heterocycles. The first-order valence-corrected chi connectivity index (χ1v) is 7.61. The number of ether oxygens (including phenoxy) is 2. The van der Waals surface area contributed by atoms with Crippen molar-refractivity contribution in [1.29, 1.82) is 0 Å². The van der Waals surface area contributed by atoms with E-state index < -0.39 is 0 Å². The van der Waals surface area contributed by atoms with Crippen LogP contribution in [0.2, 0.25) is 0 Å². The SMILES string of the molecule is Cc1cccc(NC(=S)NC(=O)c2ccc3c(c2)OCCO3)c1. The molecule has 1 aliphatic rings. The zero-order valence-electron chi connectivity index (χ0n) is 12.6. The highest BCUT2D eigenvalue weighted by atomic mass is 32.1. The van der Waals surface area contributed by atoms with E-state index in [0.717, 1.165) is 11.3 Å². The van der Waals surface area contributed by atoms with Gasteiger partial charge in [0.2, 0.25) is 0 Å². The molecular formula is C17H16N2O3S. The molecule has 0 saturated carbocycles. The van der Waals surface area contributed by atoms with E-state index in [1.54, 1.807) is 18.2 Å². The van der Waals surface area contributed by atoms with Gasteiger partial charge in [-0.1, -0.05) is 12.1 Å². The molecule has 0 aromatic heterocycles. The van der Waals surface area contributed by atoms with E-state index in [9.17, 15) is 4.79 Å². The van der Waals surface area contributed by atoms with E-state index in [4.69, 9.17) is 21.7 Å². The quantitative estimate of drug-likeness (QED) is 0.830. The molecule has 5 nitrogen and oxygen atoms in total. The van der Waals surface area contributed by atoms with Crippen LogP contribution in [0.1, 0.15) is 15.9 Å². The Labute approximate surface area is 139 Å². The van der Waals surface area contributed by atoms with Gasteiger partial charge in [0.15, 0.2) is 16.6 Å². The minimum Gasteiger partial charge on any atom is -0.486 e. The number of hydrogen-bond donors (Lipinski definition) is 2. The number of rotatable bonds is 2. The molecule has 2 aromatic rings. The van der Waals surface area contributed by atoms with Crippen molar-refractivity contribution >= 4 is 28.9 Å². The van der Waals surface area contributed by atoms with Gasteiger partial charge in [0, 0.05) is 11.3 Å². The number of fused-ring (bicyclic) bond motifs is 1. The monoisotopic (exact) mass is 328 g/mol. The standard InChI is InChI=1S/C17H16N2O3S/c1-11-3-2-4-13(9-11)18-17(23)19-16(20)12-5-6-14-15(10-12)22-8-7-21-14/h2-6,9-10H,7-8H2,1H3,(H2,18,19,20,23). The van der Waals surface area contributed by atoms with Crippen molar-refractivity contribution < 1.29 is 14.3 Å². The third kappa shape index (κ3) is 3.78. The van der Waals surface area contributed by atoms with E-state index in [0.29, 0.717) is 30.3 Å². The Bertz CT molecular complexity index is 761. The van der Waals surface area contributed by atoms with Gasteiger partial charge in [-0.05, 0) is 55.0 Å². The molecule has 0 aliphatic carbocycles. The van der Waals surface area contributed by atoms with Crippen molar-refractivity contribution in [3.63, 3.8) is 0 Å². The Morgan fingerprint density at radius 3 is 2.65 bits per heavy atom. The minimum atomic E-state index is -0.299. The maximum Gasteiger partial charge on any atom is 0.257 e. The third-order valence-electron chi connectivity index (χ3n) is 3.31. The topological polar surface area (TPSA) is 59.6 Å². The van der Waals surface area contributed by atoms with Crippen molar-refractivity contribution in [2.45, 2.75) is 6.92 Å². The fourth-order valence-corrected chi connectivity index (χ4v) is 2.46. The van der Waals surface area contributed by atoms with Crippen LogP contribution in [0.15, 0.2) is 42.5 Å². The number of aryl methyl sites for hydroxylation is 1. The van der Waals surface area contributed by atoms with Gasteiger partial charge in [-0.15, -0.1) is 0 Å². The Kier molecular flexibility index (Phi) is 4.43. The zero-order valence-corrected chi connectivity index (χ0v) is 13.4. The number of carbonyl (C=O) groups is 1. The summed E-state index contributed by atoms with van der Waals surface area (Å²) in [5, 5.41) is 5.89. The fourth-order valence-electron chi connectivity index (χ4n) is 2.25. The van der Waals surface area contributed by atoms with Crippen molar-refractivity contribution in [3.8, 4) is 11.5 Å². The molecule has 1 amide bonds. The summed E-state index contributed by atoms with van der Waals surface area (Å²) in [6.45, 7) is 2.98. The van der Waals surface area contributed by atoms with Gasteiger partial charge in [0.05, 0.1) is 0 Å². The number of benzene rings is 2. The highest BCUT2D eigenvalue weighted by Crippen LogP contribution is 2.30. The average Bonchev–Trinajstić information content (AvgIpc) is 2.54. The number of carbonyl (C=O) groups excluding carboxylic acids is 1. The summed E-state index contributed by atoms with van der Waals surface area (Å²) in [7, 11) is 0. The number of amides is 1. The maximum atomic E-state index is 12.3. The molecule has 0 spiro atoms. The minimum absolute atomic E-state index is 0.246. The molecule has 1 heterocycles. The van der Waals surface area contributed by atoms with E-state index in [1.165, 1.54) is 0 Å². The molecule has 3 rings (SSSR count). The van der Waals surface area contributed by atoms with Crippen molar-refractivity contribution in [3.05, 3.63) is 53.6 Å². The summed E-state index contributed by atoms with van der Waals surface area (Å²) in [4.78, 5) is 12.3. The predicted molar refractivity (Wildman–Crippen MR) is 92.3 cm³/mol. The first-order valence-electron chi connectivity index (χ1n) is 7.20. The summed E-state index contributed by atoms with van der Waals surface area (Å²) in [5.74, 6) is 0.918. The Morgan fingerprint density at radius 1 is 1.09 bits per heavy atom. The van der Waals surface area contributed by atoms with Crippen molar-refractivity contribution in [2.24, 2.45) is 0 Å². The molecule has 0 unspecified atom stereocenters. The lowest BCUT2D eigenvalue weighted by Crippen LogP contribution is -2.34. The Morgan fingerprint density at radius 2 is 1.87 bits per heavy atom. The van der Waals surface area contributed by atoms with Gasteiger partial charge in [0.25, 0.3) is 5.91 Å². The molecule has 2 N–H and O–H groups in total. The van der Waals surface area contributed by atoms with E-state index in [1.807, 2.05) is 31.2 Å². The predicted octanol–water partition coefficient (Wildman–Crippen LogP) is 2.89.